The summed E-state index contributed by atoms with van der Waals surface area (Å²) in [7, 11) is 0. The number of hydrogen-bond acceptors (Lipinski definition) is 2. The van der Waals surface area contributed by atoms with Gasteiger partial charge in [-0.1, -0.05) is 15.9 Å². The Morgan fingerprint density at radius 1 is 1.11 bits per heavy atom. The maximum Gasteiger partial charge on any atom is 0.418 e. The van der Waals surface area contributed by atoms with Gasteiger partial charge < -0.3 is 5.32 Å². The summed E-state index contributed by atoms with van der Waals surface area (Å²) >= 11 is 7.86. The van der Waals surface area contributed by atoms with Crippen LogP contribution in [-0.4, -0.2) is 0 Å². The van der Waals surface area contributed by atoms with Gasteiger partial charge in [0, 0.05) is 21.6 Å². The Hall–Kier alpha value is -0.530. The van der Waals surface area contributed by atoms with E-state index in [2.05, 4.69) is 37.2 Å². The summed E-state index contributed by atoms with van der Waals surface area (Å²) in [5.41, 5.74) is -0.585. The summed E-state index contributed by atoms with van der Waals surface area (Å²) in [5, 5.41) is 2.83. The molecule has 0 unspecified atom stereocenters. The van der Waals surface area contributed by atoms with Gasteiger partial charge in [0.1, 0.15) is 0 Å². The summed E-state index contributed by atoms with van der Waals surface area (Å²) in [5.74, 6) is 0. The molecule has 1 nitrogen and oxygen atoms in total. The largest absolute Gasteiger partial charge is 0.418 e. The molecule has 19 heavy (non-hydrogen) atoms. The van der Waals surface area contributed by atoms with E-state index in [1.165, 1.54) is 17.4 Å². The summed E-state index contributed by atoms with van der Waals surface area (Å²) in [6.07, 6.45) is -4.37. The quantitative estimate of drug-likeness (QED) is 0.658. The Bertz CT molecular complexity index is 581. The molecule has 1 aromatic heterocycles. The number of halogens is 5. The lowest BCUT2D eigenvalue weighted by atomic mass is 10.1. The van der Waals surface area contributed by atoms with Crippen molar-refractivity contribution in [1.82, 2.24) is 0 Å². The van der Waals surface area contributed by atoms with Gasteiger partial charge >= 0.3 is 6.18 Å². The average Bonchev–Trinajstić information content (AvgIpc) is 2.72. The summed E-state index contributed by atoms with van der Waals surface area (Å²) in [4.78, 5) is 0.961. The first-order valence-corrected chi connectivity index (χ1v) is 7.61. The second-order valence-electron chi connectivity index (χ2n) is 3.75. The van der Waals surface area contributed by atoms with Gasteiger partial charge in [0.2, 0.25) is 0 Å². The number of hydrogen-bond donors (Lipinski definition) is 1. The van der Waals surface area contributed by atoms with Crippen LogP contribution in [0.5, 0.6) is 0 Å². The minimum absolute atomic E-state index is 0.0835. The molecule has 102 valence electrons. The number of anilines is 1. The molecule has 0 saturated carbocycles. The SMILES string of the molecule is FC(F)(F)c1cc(Br)ccc1NCc1ccc(Br)s1. The number of nitrogens with one attached hydrogen (secondary N) is 1. The van der Waals surface area contributed by atoms with Crippen LogP contribution in [-0.2, 0) is 12.7 Å². The van der Waals surface area contributed by atoms with Crippen LogP contribution in [0, 0.1) is 0 Å². The van der Waals surface area contributed by atoms with E-state index in [0.717, 1.165) is 14.7 Å². The highest BCUT2D eigenvalue weighted by atomic mass is 79.9. The molecule has 0 aliphatic rings. The van der Waals surface area contributed by atoms with E-state index in [0.29, 0.717) is 11.0 Å². The van der Waals surface area contributed by atoms with Gasteiger partial charge in [0.15, 0.2) is 0 Å². The van der Waals surface area contributed by atoms with Crippen molar-refractivity contribution in [2.75, 3.05) is 5.32 Å². The van der Waals surface area contributed by atoms with Crippen LogP contribution in [0.3, 0.4) is 0 Å². The van der Waals surface area contributed by atoms with Crippen LogP contribution in [0.2, 0.25) is 0 Å². The Morgan fingerprint density at radius 3 is 2.42 bits per heavy atom. The van der Waals surface area contributed by atoms with Crippen molar-refractivity contribution in [2.24, 2.45) is 0 Å². The van der Waals surface area contributed by atoms with E-state index in [9.17, 15) is 13.2 Å². The molecule has 0 spiro atoms. The lowest BCUT2D eigenvalue weighted by molar-refractivity contribution is -0.137. The second kappa shape index (κ2) is 5.85. The van der Waals surface area contributed by atoms with Crippen molar-refractivity contribution >= 4 is 48.9 Å². The molecule has 1 aromatic carbocycles. The molecule has 0 fully saturated rings. The Morgan fingerprint density at radius 2 is 1.84 bits per heavy atom. The number of alkyl halides is 3. The van der Waals surface area contributed by atoms with E-state index in [1.54, 1.807) is 6.07 Å². The van der Waals surface area contributed by atoms with Crippen LogP contribution >= 0.6 is 43.2 Å². The first-order valence-electron chi connectivity index (χ1n) is 5.21. The molecule has 7 heteroatoms. The third-order valence-corrected chi connectivity index (χ3v) is 4.49. The fraction of sp³-hybridized carbons (Fsp3) is 0.167. The summed E-state index contributed by atoms with van der Waals surface area (Å²) < 4.78 is 40.0. The normalized spacial score (nSPS) is 11.6. The topological polar surface area (TPSA) is 12.0 Å². The smallest absolute Gasteiger partial charge is 0.380 e. The molecule has 0 saturated heterocycles. The average molecular weight is 415 g/mol. The van der Waals surface area contributed by atoms with Gasteiger partial charge in [-0.2, -0.15) is 13.2 Å². The molecule has 0 bridgehead atoms. The van der Waals surface area contributed by atoms with Gasteiger partial charge in [0.25, 0.3) is 0 Å². The van der Waals surface area contributed by atoms with Crippen molar-refractivity contribution in [1.29, 1.82) is 0 Å². The zero-order valence-corrected chi connectivity index (χ0v) is 13.4. The highest BCUT2D eigenvalue weighted by molar-refractivity contribution is 9.11. The highest BCUT2D eigenvalue weighted by Gasteiger charge is 2.33. The maximum atomic E-state index is 12.9. The lowest BCUT2D eigenvalue weighted by Crippen LogP contribution is -2.10. The van der Waals surface area contributed by atoms with Crippen LogP contribution in [0.4, 0.5) is 18.9 Å². The van der Waals surface area contributed by atoms with Crippen LogP contribution in [0.25, 0.3) is 0 Å². The maximum absolute atomic E-state index is 12.9. The minimum atomic E-state index is -4.37. The predicted octanol–water partition coefficient (Wildman–Crippen LogP) is 5.90. The fourth-order valence-electron chi connectivity index (χ4n) is 1.53. The van der Waals surface area contributed by atoms with Crippen molar-refractivity contribution < 1.29 is 13.2 Å². The Labute approximate surface area is 129 Å². The zero-order chi connectivity index (χ0) is 14.0. The lowest BCUT2D eigenvalue weighted by Gasteiger charge is -2.14. The van der Waals surface area contributed by atoms with Crippen molar-refractivity contribution in [3.05, 3.63) is 49.0 Å². The van der Waals surface area contributed by atoms with E-state index < -0.39 is 11.7 Å². The molecule has 2 aromatic rings. The number of thiophene rings is 1. The zero-order valence-electron chi connectivity index (χ0n) is 9.39. The monoisotopic (exact) mass is 413 g/mol. The van der Waals surface area contributed by atoms with E-state index in [1.807, 2.05) is 12.1 Å². The van der Waals surface area contributed by atoms with Gasteiger partial charge in [-0.25, -0.2) is 0 Å². The first-order chi connectivity index (χ1) is 8.86. The fourth-order valence-corrected chi connectivity index (χ4v) is 3.32. The van der Waals surface area contributed by atoms with Crippen LogP contribution in [0.15, 0.2) is 38.6 Å². The van der Waals surface area contributed by atoms with Gasteiger partial charge in [-0.3, -0.25) is 0 Å². The van der Waals surface area contributed by atoms with Crippen molar-refractivity contribution in [3.63, 3.8) is 0 Å². The molecule has 2 rings (SSSR count). The molecule has 0 aliphatic carbocycles. The van der Waals surface area contributed by atoms with E-state index in [4.69, 9.17) is 0 Å². The van der Waals surface area contributed by atoms with Gasteiger partial charge in [-0.15, -0.1) is 11.3 Å². The second-order valence-corrected chi connectivity index (χ2v) is 7.21. The van der Waals surface area contributed by atoms with E-state index >= 15 is 0 Å². The molecule has 1 N–H and O–H groups in total. The molecule has 1 heterocycles. The van der Waals surface area contributed by atoms with Crippen molar-refractivity contribution in [3.8, 4) is 0 Å². The molecule has 0 aliphatic heterocycles. The summed E-state index contributed by atoms with van der Waals surface area (Å²) in [6.45, 7) is 0.362. The summed E-state index contributed by atoms with van der Waals surface area (Å²) in [6, 6.07) is 7.83. The Balaban J connectivity index is 2.20. The van der Waals surface area contributed by atoms with Gasteiger partial charge in [-0.05, 0) is 46.3 Å². The van der Waals surface area contributed by atoms with Crippen molar-refractivity contribution in [2.45, 2.75) is 12.7 Å². The van der Waals surface area contributed by atoms with Gasteiger partial charge in [0.05, 0.1) is 9.35 Å². The van der Waals surface area contributed by atoms with Crippen LogP contribution < -0.4 is 5.32 Å². The predicted molar refractivity (Wildman–Crippen MR) is 78.5 cm³/mol. The molecule has 0 radical (unpaired) electrons. The third kappa shape index (κ3) is 3.97. The number of rotatable bonds is 3. The molecule has 0 amide bonds. The first kappa shape index (κ1) is 14.9. The third-order valence-electron chi connectivity index (χ3n) is 2.37. The molecule has 0 atom stereocenters. The molecular formula is C12H8Br2F3NS. The highest BCUT2D eigenvalue weighted by Crippen LogP contribution is 2.37. The Kier molecular flexibility index (Phi) is 4.58. The molecular weight excluding hydrogens is 407 g/mol. The van der Waals surface area contributed by atoms with E-state index in [-0.39, 0.29) is 5.69 Å². The minimum Gasteiger partial charge on any atom is -0.380 e. The number of benzene rings is 1. The standard InChI is InChI=1S/C12H8Br2F3NS/c13-7-1-3-10(9(5-7)12(15,16)17)18-6-8-2-4-11(14)19-8/h1-5,18H,6H2. The van der Waals surface area contributed by atoms with Crippen LogP contribution in [0.1, 0.15) is 10.4 Å².